The molecule has 1 aliphatic heterocycles. The van der Waals surface area contributed by atoms with Crippen molar-refractivity contribution in [2.24, 2.45) is 4.99 Å². The Hall–Kier alpha value is -4.29. The van der Waals surface area contributed by atoms with Crippen LogP contribution >= 0.6 is 11.6 Å². The Labute approximate surface area is 208 Å². The van der Waals surface area contributed by atoms with E-state index in [4.69, 9.17) is 16.3 Å². The van der Waals surface area contributed by atoms with Gasteiger partial charge in [-0.2, -0.15) is 5.26 Å². The second-order valence-corrected chi connectivity index (χ2v) is 8.16. The van der Waals surface area contributed by atoms with Gasteiger partial charge in [0, 0.05) is 36.5 Å². The van der Waals surface area contributed by atoms with E-state index >= 15 is 0 Å². The highest BCUT2D eigenvalue weighted by Crippen LogP contribution is 2.28. The van der Waals surface area contributed by atoms with Gasteiger partial charge in [-0.25, -0.2) is 9.78 Å². The van der Waals surface area contributed by atoms with Crippen molar-refractivity contribution in [1.82, 2.24) is 14.8 Å². The van der Waals surface area contributed by atoms with Gasteiger partial charge in [0.25, 0.3) is 0 Å². The standard InChI is InChI=1S/C25H24ClN7O2/c1-35-23-21(8-5-13-28-23)31-24(29-17-27)32-14-15-33(22(16-32)18-6-3-2-4-7-18)25(34)30-20-11-9-19(26)10-12-20/h2-13,22H,14-16H2,1H3,(H,29,31)(H,30,34). The van der Waals surface area contributed by atoms with Gasteiger partial charge >= 0.3 is 6.03 Å². The fraction of sp³-hybridized carbons (Fsp3) is 0.200. The molecule has 1 fully saturated rings. The molecule has 1 saturated heterocycles. The fourth-order valence-electron chi connectivity index (χ4n) is 3.90. The first-order chi connectivity index (χ1) is 17.1. The van der Waals surface area contributed by atoms with E-state index < -0.39 is 0 Å². The van der Waals surface area contributed by atoms with Crippen LogP contribution in [0.4, 0.5) is 16.2 Å². The zero-order valence-electron chi connectivity index (χ0n) is 19.1. The Morgan fingerprint density at radius 3 is 2.60 bits per heavy atom. The summed E-state index contributed by atoms with van der Waals surface area (Å²) in [6.45, 7) is 1.30. The van der Waals surface area contributed by atoms with Crippen molar-refractivity contribution in [2.45, 2.75) is 6.04 Å². The minimum absolute atomic E-state index is 0.221. The number of hydrogen-bond donors (Lipinski definition) is 2. The van der Waals surface area contributed by atoms with Gasteiger partial charge in [-0.1, -0.05) is 41.9 Å². The number of urea groups is 1. The molecular weight excluding hydrogens is 466 g/mol. The summed E-state index contributed by atoms with van der Waals surface area (Å²) in [7, 11) is 1.53. The summed E-state index contributed by atoms with van der Waals surface area (Å²) in [6, 6.07) is 19.8. The quantitative estimate of drug-likeness (QED) is 0.315. The number of methoxy groups -OCH3 is 1. The molecule has 178 valence electrons. The molecule has 0 saturated carbocycles. The fourth-order valence-corrected chi connectivity index (χ4v) is 4.03. The third-order valence-electron chi connectivity index (χ3n) is 5.59. The molecule has 9 nitrogen and oxygen atoms in total. The molecule has 35 heavy (non-hydrogen) atoms. The van der Waals surface area contributed by atoms with E-state index in [1.165, 1.54) is 7.11 Å². The number of guanidine groups is 1. The number of aliphatic imine (C=N–C) groups is 1. The molecule has 1 unspecified atom stereocenters. The normalized spacial score (nSPS) is 15.8. The maximum atomic E-state index is 13.3. The molecule has 3 aromatic rings. The second kappa shape index (κ2) is 11.2. The first-order valence-electron chi connectivity index (χ1n) is 10.9. The molecule has 4 rings (SSSR count). The highest BCUT2D eigenvalue weighted by Gasteiger charge is 2.33. The predicted molar refractivity (Wildman–Crippen MR) is 135 cm³/mol. The molecular formula is C25H24ClN7O2. The van der Waals surface area contributed by atoms with Crippen LogP contribution in [0.5, 0.6) is 5.88 Å². The van der Waals surface area contributed by atoms with Gasteiger partial charge in [0.1, 0.15) is 5.69 Å². The van der Waals surface area contributed by atoms with Gasteiger partial charge in [-0.05, 0) is 42.0 Å². The predicted octanol–water partition coefficient (Wildman–Crippen LogP) is 4.58. The number of anilines is 2. The Bertz CT molecular complexity index is 1230. The van der Waals surface area contributed by atoms with E-state index in [2.05, 4.69) is 20.6 Å². The van der Waals surface area contributed by atoms with Crippen LogP contribution in [-0.4, -0.2) is 53.5 Å². The van der Waals surface area contributed by atoms with Gasteiger partial charge in [-0.3, -0.25) is 0 Å². The van der Waals surface area contributed by atoms with Gasteiger partial charge < -0.3 is 25.2 Å². The number of ether oxygens (including phenoxy) is 1. The van der Waals surface area contributed by atoms with E-state index in [9.17, 15) is 10.1 Å². The third kappa shape index (κ3) is 5.80. The summed E-state index contributed by atoms with van der Waals surface area (Å²) in [4.78, 5) is 25.2. The van der Waals surface area contributed by atoms with E-state index in [1.807, 2.05) is 41.4 Å². The van der Waals surface area contributed by atoms with Crippen LogP contribution in [0, 0.1) is 11.5 Å². The third-order valence-corrected chi connectivity index (χ3v) is 5.84. The lowest BCUT2D eigenvalue weighted by molar-refractivity contribution is 0.136. The summed E-state index contributed by atoms with van der Waals surface area (Å²) in [6.07, 6.45) is 3.49. The summed E-state index contributed by atoms with van der Waals surface area (Å²) in [5.41, 5.74) is 2.22. The van der Waals surface area contributed by atoms with Crippen LogP contribution in [0.1, 0.15) is 11.6 Å². The minimum atomic E-state index is -0.279. The molecule has 2 N–H and O–H groups in total. The second-order valence-electron chi connectivity index (χ2n) is 7.72. The van der Waals surface area contributed by atoms with Crippen molar-refractivity contribution in [2.75, 3.05) is 37.4 Å². The Kier molecular flexibility index (Phi) is 7.65. The Morgan fingerprint density at radius 1 is 1.11 bits per heavy atom. The van der Waals surface area contributed by atoms with Gasteiger partial charge in [0.05, 0.1) is 13.2 Å². The van der Waals surface area contributed by atoms with E-state index in [0.29, 0.717) is 47.9 Å². The molecule has 0 bridgehead atoms. The zero-order valence-corrected chi connectivity index (χ0v) is 19.8. The molecule has 2 aromatic carbocycles. The van der Waals surface area contributed by atoms with Crippen LogP contribution in [0.3, 0.4) is 0 Å². The van der Waals surface area contributed by atoms with Crippen molar-refractivity contribution in [3.8, 4) is 12.1 Å². The monoisotopic (exact) mass is 489 g/mol. The number of nitrogens with one attached hydrogen (secondary N) is 2. The number of pyridine rings is 1. The van der Waals surface area contributed by atoms with Crippen LogP contribution < -0.4 is 15.4 Å². The van der Waals surface area contributed by atoms with Crippen LogP contribution in [-0.2, 0) is 0 Å². The molecule has 2 heterocycles. The van der Waals surface area contributed by atoms with Gasteiger partial charge in [-0.15, -0.1) is 4.99 Å². The van der Waals surface area contributed by atoms with Gasteiger partial charge in [0.2, 0.25) is 18.0 Å². The van der Waals surface area contributed by atoms with E-state index in [1.54, 1.807) is 47.5 Å². The van der Waals surface area contributed by atoms with Crippen molar-refractivity contribution >= 4 is 35.0 Å². The lowest BCUT2D eigenvalue weighted by Gasteiger charge is -2.42. The van der Waals surface area contributed by atoms with Crippen molar-refractivity contribution < 1.29 is 9.53 Å². The maximum absolute atomic E-state index is 13.3. The molecule has 1 aromatic heterocycles. The van der Waals surface area contributed by atoms with Crippen LogP contribution in [0.15, 0.2) is 77.9 Å². The number of benzene rings is 2. The molecule has 1 atom stereocenters. The summed E-state index contributed by atoms with van der Waals surface area (Å²) >= 11 is 5.97. The molecule has 2 amide bonds. The number of nitrogens with zero attached hydrogens (tertiary/aromatic N) is 5. The summed E-state index contributed by atoms with van der Waals surface area (Å²) in [5.74, 6) is 0.746. The summed E-state index contributed by atoms with van der Waals surface area (Å²) < 4.78 is 5.32. The number of aromatic nitrogens is 1. The largest absolute Gasteiger partial charge is 0.480 e. The Morgan fingerprint density at radius 2 is 1.89 bits per heavy atom. The number of amides is 2. The molecule has 0 radical (unpaired) electrons. The highest BCUT2D eigenvalue weighted by molar-refractivity contribution is 6.30. The molecule has 0 aliphatic carbocycles. The van der Waals surface area contributed by atoms with Crippen molar-refractivity contribution in [3.63, 3.8) is 0 Å². The number of nitriles is 1. The van der Waals surface area contributed by atoms with E-state index in [0.717, 1.165) is 5.56 Å². The molecule has 10 heteroatoms. The number of rotatable bonds is 4. The zero-order chi connectivity index (χ0) is 24.6. The molecule has 0 spiro atoms. The first-order valence-corrected chi connectivity index (χ1v) is 11.3. The topological polar surface area (TPSA) is 106 Å². The van der Waals surface area contributed by atoms with Gasteiger partial charge in [0.15, 0.2) is 0 Å². The van der Waals surface area contributed by atoms with Crippen molar-refractivity contribution in [3.05, 3.63) is 83.5 Å². The average molecular weight is 490 g/mol. The average Bonchev–Trinajstić information content (AvgIpc) is 2.90. The van der Waals surface area contributed by atoms with Crippen molar-refractivity contribution in [1.29, 1.82) is 5.26 Å². The number of carbonyl (C=O) groups is 1. The lowest BCUT2D eigenvalue weighted by Crippen LogP contribution is -2.54. The number of halogens is 1. The van der Waals surface area contributed by atoms with Crippen LogP contribution in [0.25, 0.3) is 0 Å². The first kappa shape index (κ1) is 23.9. The molecule has 1 aliphatic rings. The Balaban J connectivity index is 1.58. The summed E-state index contributed by atoms with van der Waals surface area (Å²) in [5, 5.41) is 16.1. The maximum Gasteiger partial charge on any atom is 0.322 e. The SMILES string of the molecule is COc1ncccc1N/C(=N/C#N)N1CCN(C(=O)Nc2ccc(Cl)cc2)C(c2ccccc2)C1. The smallest absolute Gasteiger partial charge is 0.322 e. The number of piperazine rings is 1. The lowest BCUT2D eigenvalue weighted by atomic mass is 10.0. The number of carbonyl (C=O) groups excluding carboxylic acids is 1. The highest BCUT2D eigenvalue weighted by atomic mass is 35.5. The number of hydrogen-bond acceptors (Lipinski definition) is 5. The minimum Gasteiger partial charge on any atom is -0.480 e. The van der Waals surface area contributed by atoms with E-state index in [-0.39, 0.29) is 12.1 Å². The van der Waals surface area contributed by atoms with Crippen LogP contribution in [0.2, 0.25) is 5.02 Å².